The fourth-order valence-corrected chi connectivity index (χ4v) is 4.41. The molecule has 1 amide bonds. The van der Waals surface area contributed by atoms with E-state index in [4.69, 9.17) is 4.74 Å². The van der Waals surface area contributed by atoms with Crippen molar-refractivity contribution in [3.63, 3.8) is 0 Å². The van der Waals surface area contributed by atoms with Gasteiger partial charge in [-0.15, -0.1) is 0 Å². The molecule has 168 valence electrons. The molecule has 0 heterocycles. The summed E-state index contributed by atoms with van der Waals surface area (Å²) in [5.41, 5.74) is -0.00508. The molecular formula is C25H21FN2O4S. The highest BCUT2D eigenvalue weighted by atomic mass is 32.2. The van der Waals surface area contributed by atoms with Gasteiger partial charge < -0.3 is 10.1 Å². The van der Waals surface area contributed by atoms with E-state index in [1.165, 1.54) is 42.5 Å². The minimum absolute atomic E-state index is 0.148. The number of halogens is 1. The number of benzene rings is 4. The van der Waals surface area contributed by atoms with Crippen LogP contribution in [0.3, 0.4) is 0 Å². The number of carbonyl (C=O) groups is 1. The molecule has 8 heteroatoms. The predicted molar refractivity (Wildman–Crippen MR) is 125 cm³/mol. The quantitative estimate of drug-likeness (QED) is 0.374. The van der Waals surface area contributed by atoms with Gasteiger partial charge in [-0.2, -0.15) is 0 Å². The van der Waals surface area contributed by atoms with Crippen molar-refractivity contribution in [3.8, 4) is 5.75 Å². The SMILES string of the molecule is O=C(NCCOc1cccc2ccccc12)c1cccc(S(=O)(=O)Nc2ccccc2F)c1. The fraction of sp³-hybridized carbons (Fsp3) is 0.0800. The Balaban J connectivity index is 1.38. The van der Waals surface area contributed by atoms with Crippen molar-refractivity contribution in [1.82, 2.24) is 5.32 Å². The summed E-state index contributed by atoms with van der Waals surface area (Å²) in [4.78, 5) is 12.4. The summed E-state index contributed by atoms with van der Waals surface area (Å²) in [6.07, 6.45) is 0. The van der Waals surface area contributed by atoms with Gasteiger partial charge in [0.1, 0.15) is 18.2 Å². The topological polar surface area (TPSA) is 84.5 Å². The summed E-state index contributed by atoms with van der Waals surface area (Å²) in [5.74, 6) is -0.421. The summed E-state index contributed by atoms with van der Waals surface area (Å²) < 4.78 is 47.1. The fourth-order valence-electron chi connectivity index (χ4n) is 3.30. The first-order valence-electron chi connectivity index (χ1n) is 10.2. The monoisotopic (exact) mass is 464 g/mol. The van der Waals surface area contributed by atoms with Crippen molar-refractivity contribution >= 4 is 32.4 Å². The van der Waals surface area contributed by atoms with Crippen LogP contribution in [0.4, 0.5) is 10.1 Å². The normalized spacial score (nSPS) is 11.2. The summed E-state index contributed by atoms with van der Waals surface area (Å²) >= 11 is 0. The van der Waals surface area contributed by atoms with Crippen LogP contribution < -0.4 is 14.8 Å². The van der Waals surface area contributed by atoms with Crippen LogP contribution in [0.2, 0.25) is 0 Å². The second kappa shape index (κ2) is 9.70. The molecule has 0 unspecified atom stereocenters. The second-order valence-electron chi connectivity index (χ2n) is 7.19. The van der Waals surface area contributed by atoms with E-state index in [0.29, 0.717) is 0 Å². The number of anilines is 1. The largest absolute Gasteiger partial charge is 0.491 e. The van der Waals surface area contributed by atoms with Gasteiger partial charge in [0.25, 0.3) is 15.9 Å². The average Bonchev–Trinajstić information content (AvgIpc) is 2.83. The van der Waals surface area contributed by atoms with Crippen LogP contribution in [0.1, 0.15) is 10.4 Å². The number of hydrogen-bond acceptors (Lipinski definition) is 4. The van der Waals surface area contributed by atoms with Crippen molar-refractivity contribution < 1.29 is 22.3 Å². The van der Waals surface area contributed by atoms with Crippen LogP contribution >= 0.6 is 0 Å². The summed E-state index contributed by atoms with van der Waals surface area (Å²) in [6, 6.07) is 24.6. The van der Waals surface area contributed by atoms with E-state index in [1.54, 1.807) is 0 Å². The highest BCUT2D eigenvalue weighted by Gasteiger charge is 2.18. The molecule has 0 radical (unpaired) electrons. The lowest BCUT2D eigenvalue weighted by molar-refractivity contribution is 0.0947. The van der Waals surface area contributed by atoms with Gasteiger partial charge in [-0.1, -0.05) is 54.6 Å². The number of ether oxygens (including phenoxy) is 1. The Labute approximate surface area is 191 Å². The van der Waals surface area contributed by atoms with Gasteiger partial charge in [-0.05, 0) is 41.8 Å². The van der Waals surface area contributed by atoms with Crippen LogP contribution in [0, 0.1) is 5.82 Å². The molecule has 0 aliphatic carbocycles. The van der Waals surface area contributed by atoms with Crippen LogP contribution in [-0.2, 0) is 10.0 Å². The molecule has 0 atom stereocenters. The zero-order chi connectivity index (χ0) is 23.3. The Bertz CT molecular complexity index is 1400. The van der Waals surface area contributed by atoms with Gasteiger partial charge in [0.2, 0.25) is 0 Å². The third-order valence-corrected chi connectivity index (χ3v) is 6.28. The van der Waals surface area contributed by atoms with Gasteiger partial charge in [0.15, 0.2) is 0 Å². The molecule has 0 fully saturated rings. The van der Waals surface area contributed by atoms with Crippen molar-refractivity contribution in [1.29, 1.82) is 0 Å². The van der Waals surface area contributed by atoms with Gasteiger partial charge in [-0.3, -0.25) is 9.52 Å². The Hall–Kier alpha value is -3.91. The van der Waals surface area contributed by atoms with E-state index in [2.05, 4.69) is 10.0 Å². The van der Waals surface area contributed by atoms with E-state index < -0.39 is 21.7 Å². The molecule has 2 N–H and O–H groups in total. The molecule has 0 aliphatic rings. The molecule has 0 saturated heterocycles. The third kappa shape index (κ3) is 5.30. The minimum Gasteiger partial charge on any atom is -0.491 e. The summed E-state index contributed by atoms with van der Waals surface area (Å²) in [5, 5.41) is 4.75. The number of para-hydroxylation sites is 1. The van der Waals surface area contributed by atoms with Gasteiger partial charge in [-0.25, -0.2) is 12.8 Å². The number of amides is 1. The predicted octanol–water partition coefficient (Wildman–Crippen LogP) is 4.59. The number of fused-ring (bicyclic) bond motifs is 1. The number of nitrogens with one attached hydrogen (secondary N) is 2. The van der Waals surface area contributed by atoms with Crippen molar-refractivity contribution in [2.24, 2.45) is 0 Å². The molecule has 0 saturated carbocycles. The van der Waals surface area contributed by atoms with Gasteiger partial charge in [0, 0.05) is 10.9 Å². The molecule has 0 aromatic heterocycles. The number of sulfonamides is 1. The molecule has 6 nitrogen and oxygen atoms in total. The highest BCUT2D eigenvalue weighted by molar-refractivity contribution is 7.92. The van der Waals surface area contributed by atoms with E-state index >= 15 is 0 Å². The molecule has 0 spiro atoms. The van der Waals surface area contributed by atoms with Crippen LogP contribution in [0.25, 0.3) is 10.8 Å². The Morgan fingerprint density at radius 3 is 2.45 bits per heavy atom. The number of rotatable bonds is 8. The van der Waals surface area contributed by atoms with E-state index in [-0.39, 0.29) is 29.3 Å². The van der Waals surface area contributed by atoms with Crippen molar-refractivity contribution in [3.05, 3.63) is 102 Å². The first-order valence-corrected chi connectivity index (χ1v) is 11.7. The molecule has 4 rings (SSSR count). The lowest BCUT2D eigenvalue weighted by atomic mass is 10.1. The number of hydrogen-bond donors (Lipinski definition) is 2. The van der Waals surface area contributed by atoms with Crippen LogP contribution in [-0.4, -0.2) is 27.5 Å². The molecule has 0 bridgehead atoms. The first kappa shape index (κ1) is 22.3. The van der Waals surface area contributed by atoms with Crippen LogP contribution in [0.5, 0.6) is 5.75 Å². The van der Waals surface area contributed by atoms with Gasteiger partial charge >= 0.3 is 0 Å². The zero-order valence-electron chi connectivity index (χ0n) is 17.5. The second-order valence-corrected chi connectivity index (χ2v) is 8.88. The Morgan fingerprint density at radius 1 is 0.879 bits per heavy atom. The summed E-state index contributed by atoms with van der Waals surface area (Å²) in [7, 11) is -4.07. The Kier molecular flexibility index (Phi) is 6.55. The van der Waals surface area contributed by atoms with Crippen molar-refractivity contribution in [2.45, 2.75) is 4.90 Å². The van der Waals surface area contributed by atoms with Gasteiger partial charge in [0.05, 0.1) is 17.1 Å². The number of carbonyl (C=O) groups excluding carboxylic acids is 1. The molecule has 4 aromatic carbocycles. The van der Waals surface area contributed by atoms with E-state index in [1.807, 2.05) is 42.5 Å². The molecule has 33 heavy (non-hydrogen) atoms. The van der Waals surface area contributed by atoms with E-state index in [9.17, 15) is 17.6 Å². The molecule has 0 aliphatic heterocycles. The molecular weight excluding hydrogens is 443 g/mol. The van der Waals surface area contributed by atoms with Crippen LogP contribution in [0.15, 0.2) is 95.9 Å². The maximum atomic E-state index is 13.8. The third-order valence-electron chi connectivity index (χ3n) is 4.92. The first-order chi connectivity index (χ1) is 15.9. The lowest BCUT2D eigenvalue weighted by Crippen LogP contribution is -2.28. The lowest BCUT2D eigenvalue weighted by Gasteiger charge is -2.11. The summed E-state index contributed by atoms with van der Waals surface area (Å²) in [6.45, 7) is 0.471. The van der Waals surface area contributed by atoms with E-state index in [0.717, 1.165) is 22.6 Å². The smallest absolute Gasteiger partial charge is 0.262 e. The average molecular weight is 465 g/mol. The highest BCUT2D eigenvalue weighted by Crippen LogP contribution is 2.25. The van der Waals surface area contributed by atoms with Crippen molar-refractivity contribution in [2.75, 3.05) is 17.9 Å². The maximum Gasteiger partial charge on any atom is 0.262 e. The minimum atomic E-state index is -4.07. The maximum absolute atomic E-state index is 13.8. The standard InChI is InChI=1S/C25H21FN2O4S/c26-22-12-3-4-13-23(22)28-33(30,31)20-10-5-9-19(17-20)25(29)27-15-16-32-24-14-6-8-18-7-1-2-11-21(18)24/h1-14,17,28H,15-16H2,(H,27,29). The Morgan fingerprint density at radius 2 is 1.61 bits per heavy atom. The molecule has 4 aromatic rings. The zero-order valence-corrected chi connectivity index (χ0v) is 18.3.